The maximum atomic E-state index is 14.3. The first-order chi connectivity index (χ1) is 13.0. The molecule has 0 spiro atoms. The molecule has 5 atom stereocenters. The van der Waals surface area contributed by atoms with Crippen LogP contribution in [0.3, 0.4) is 0 Å². The van der Waals surface area contributed by atoms with E-state index in [1.54, 1.807) is 24.3 Å². The molecule has 0 heterocycles. The second kappa shape index (κ2) is 11.7. The molecule has 2 rings (SSSR count). The Morgan fingerprint density at radius 2 is 1.89 bits per heavy atom. The third kappa shape index (κ3) is 7.44. The fourth-order valence-electron chi connectivity index (χ4n) is 3.87. The summed E-state index contributed by atoms with van der Waals surface area (Å²) in [4.78, 5) is 0. The van der Waals surface area contributed by atoms with E-state index in [0.29, 0.717) is 30.0 Å². The minimum absolute atomic E-state index is 0.0316. The van der Waals surface area contributed by atoms with Crippen LogP contribution in [0.4, 0.5) is 4.39 Å². The van der Waals surface area contributed by atoms with Crippen LogP contribution in [0.1, 0.15) is 51.9 Å². The molecule has 0 aromatic heterocycles. The molecule has 1 aliphatic carbocycles. The van der Waals surface area contributed by atoms with E-state index in [-0.39, 0.29) is 18.4 Å². The van der Waals surface area contributed by atoms with Crippen LogP contribution in [0.25, 0.3) is 0 Å². The highest BCUT2D eigenvalue weighted by molar-refractivity contribution is 6.30. The number of allylic oxidation sites excluding steroid dienone is 2. The Morgan fingerprint density at radius 1 is 1.19 bits per heavy atom. The van der Waals surface area contributed by atoms with Gasteiger partial charge in [0.25, 0.3) is 0 Å². The molecular weight excluding hydrogens is 367 g/mol. The molecule has 3 nitrogen and oxygen atoms in total. The molecule has 0 aliphatic heterocycles. The quantitative estimate of drug-likeness (QED) is 0.495. The molecule has 1 aliphatic rings. The molecule has 1 aromatic rings. The average molecular weight is 399 g/mol. The first-order valence-electron chi connectivity index (χ1n) is 10.0. The van der Waals surface area contributed by atoms with Gasteiger partial charge in [-0.2, -0.15) is 0 Å². The second-order valence-electron chi connectivity index (χ2n) is 7.48. The monoisotopic (exact) mass is 398 g/mol. The molecule has 0 bridgehead atoms. The van der Waals surface area contributed by atoms with E-state index in [1.165, 1.54) is 0 Å². The van der Waals surface area contributed by atoms with Gasteiger partial charge < -0.3 is 14.9 Å². The lowest BCUT2D eigenvalue weighted by molar-refractivity contribution is 0.0912. The van der Waals surface area contributed by atoms with E-state index in [4.69, 9.17) is 16.3 Å². The molecule has 0 radical (unpaired) electrons. The van der Waals surface area contributed by atoms with Crippen LogP contribution in [0.15, 0.2) is 36.4 Å². The summed E-state index contributed by atoms with van der Waals surface area (Å²) in [6.07, 6.45) is 7.33. The summed E-state index contributed by atoms with van der Waals surface area (Å²) in [7, 11) is 0. The summed E-state index contributed by atoms with van der Waals surface area (Å²) in [6, 6.07) is 6.91. The summed E-state index contributed by atoms with van der Waals surface area (Å²) in [5.41, 5.74) is 0. The predicted octanol–water partition coefficient (Wildman–Crippen LogP) is 5.33. The number of unbranched alkanes of at least 4 members (excludes halogenated alkanes) is 1. The fourth-order valence-corrected chi connectivity index (χ4v) is 4.05. The molecule has 152 valence electrons. The summed E-state index contributed by atoms with van der Waals surface area (Å²) < 4.78 is 19.7. The van der Waals surface area contributed by atoms with Crippen molar-refractivity contribution >= 4 is 11.6 Å². The van der Waals surface area contributed by atoms with Crippen molar-refractivity contribution in [3.63, 3.8) is 0 Å². The molecule has 5 heteroatoms. The lowest BCUT2D eigenvalue weighted by Crippen LogP contribution is -2.24. The van der Waals surface area contributed by atoms with Crippen LogP contribution < -0.4 is 4.74 Å². The van der Waals surface area contributed by atoms with Gasteiger partial charge in [-0.1, -0.05) is 43.2 Å². The molecule has 2 N–H and O–H groups in total. The minimum Gasteiger partial charge on any atom is -0.491 e. The summed E-state index contributed by atoms with van der Waals surface area (Å²) in [5, 5.41) is 21.1. The smallest absolute Gasteiger partial charge is 0.134 e. The van der Waals surface area contributed by atoms with Gasteiger partial charge in [0.1, 0.15) is 18.5 Å². The number of halogens is 2. The van der Waals surface area contributed by atoms with Crippen LogP contribution in [-0.2, 0) is 0 Å². The molecule has 0 amide bonds. The topological polar surface area (TPSA) is 49.7 Å². The standard InChI is InChI=1S/C22H32ClFO3/c1-2-3-4-5-6-10-19-20(22(26)14-21(19)25)12-11-17(24)15-27-18-9-7-8-16(23)13-18/h4-5,7-9,13,17,19-22,25-26H,2-3,6,10-12,14-15H2,1H3/b5-4-/t17-,19-,20-,21+,22-/m1/s1. The van der Waals surface area contributed by atoms with E-state index in [0.717, 1.165) is 25.7 Å². The average Bonchev–Trinajstić information content (AvgIpc) is 2.91. The lowest BCUT2D eigenvalue weighted by Gasteiger charge is -2.24. The van der Waals surface area contributed by atoms with Crippen LogP contribution >= 0.6 is 11.6 Å². The molecule has 0 unspecified atom stereocenters. The molecular formula is C22H32ClFO3. The second-order valence-corrected chi connectivity index (χ2v) is 7.91. The van der Waals surface area contributed by atoms with Gasteiger partial charge in [-0.3, -0.25) is 0 Å². The Labute approximate surface area is 167 Å². The van der Waals surface area contributed by atoms with Gasteiger partial charge >= 0.3 is 0 Å². The number of hydrogen-bond donors (Lipinski definition) is 2. The van der Waals surface area contributed by atoms with Gasteiger partial charge in [-0.25, -0.2) is 4.39 Å². The lowest BCUT2D eigenvalue weighted by atomic mass is 9.85. The Bertz CT molecular complexity index is 580. The number of aliphatic hydroxyl groups is 2. The third-order valence-electron chi connectivity index (χ3n) is 5.35. The summed E-state index contributed by atoms with van der Waals surface area (Å²) in [6.45, 7) is 2.11. The highest BCUT2D eigenvalue weighted by Gasteiger charge is 2.40. The molecule has 1 saturated carbocycles. The van der Waals surface area contributed by atoms with Gasteiger partial charge in [0.05, 0.1) is 12.2 Å². The van der Waals surface area contributed by atoms with E-state index >= 15 is 0 Å². The molecule has 0 saturated heterocycles. The van der Waals surface area contributed by atoms with Crippen LogP contribution in [-0.4, -0.2) is 35.2 Å². The van der Waals surface area contributed by atoms with Crippen LogP contribution in [0.2, 0.25) is 5.02 Å². The van der Waals surface area contributed by atoms with Crippen molar-refractivity contribution in [3.8, 4) is 5.75 Å². The Morgan fingerprint density at radius 3 is 2.59 bits per heavy atom. The predicted molar refractivity (Wildman–Crippen MR) is 108 cm³/mol. The zero-order valence-corrected chi connectivity index (χ0v) is 16.8. The Balaban J connectivity index is 1.77. The van der Waals surface area contributed by atoms with Crippen molar-refractivity contribution in [2.75, 3.05) is 6.61 Å². The first kappa shape index (κ1) is 22.2. The first-order valence-corrected chi connectivity index (χ1v) is 10.4. The van der Waals surface area contributed by atoms with E-state index in [9.17, 15) is 14.6 Å². The van der Waals surface area contributed by atoms with E-state index in [2.05, 4.69) is 19.1 Å². The number of ether oxygens (including phenoxy) is 1. The van der Waals surface area contributed by atoms with Crippen LogP contribution in [0, 0.1) is 11.8 Å². The SMILES string of the molecule is CCC/C=C\CC[C@@H]1[C@@H](CC[C@@H](F)COc2cccc(Cl)c2)[C@H](O)C[C@@H]1O. The van der Waals surface area contributed by atoms with E-state index in [1.807, 2.05) is 0 Å². The number of alkyl halides is 1. The number of benzene rings is 1. The van der Waals surface area contributed by atoms with Crippen molar-refractivity contribution in [2.45, 2.75) is 70.2 Å². The molecule has 1 fully saturated rings. The van der Waals surface area contributed by atoms with Crippen LogP contribution in [0.5, 0.6) is 5.75 Å². The van der Waals surface area contributed by atoms with Gasteiger partial charge in [0.15, 0.2) is 0 Å². The number of hydrogen-bond acceptors (Lipinski definition) is 3. The van der Waals surface area contributed by atoms with E-state index < -0.39 is 18.4 Å². The van der Waals surface area contributed by atoms with Crippen molar-refractivity contribution in [2.24, 2.45) is 11.8 Å². The molecule has 27 heavy (non-hydrogen) atoms. The van der Waals surface area contributed by atoms with Crippen molar-refractivity contribution in [1.29, 1.82) is 0 Å². The zero-order valence-electron chi connectivity index (χ0n) is 16.1. The van der Waals surface area contributed by atoms with Crippen molar-refractivity contribution in [1.82, 2.24) is 0 Å². The van der Waals surface area contributed by atoms with Gasteiger partial charge in [0.2, 0.25) is 0 Å². The third-order valence-corrected chi connectivity index (χ3v) is 5.59. The number of aliphatic hydroxyl groups excluding tert-OH is 2. The fraction of sp³-hybridized carbons (Fsp3) is 0.636. The number of rotatable bonds is 11. The van der Waals surface area contributed by atoms with Gasteiger partial charge in [-0.05, 0) is 68.6 Å². The highest BCUT2D eigenvalue weighted by atomic mass is 35.5. The minimum atomic E-state index is -1.11. The largest absolute Gasteiger partial charge is 0.491 e. The molecule has 1 aromatic carbocycles. The van der Waals surface area contributed by atoms with Gasteiger partial charge in [-0.15, -0.1) is 0 Å². The Hall–Kier alpha value is -1.10. The maximum absolute atomic E-state index is 14.3. The zero-order chi connectivity index (χ0) is 19.6. The summed E-state index contributed by atoms with van der Waals surface area (Å²) >= 11 is 5.89. The Kier molecular flexibility index (Phi) is 9.60. The van der Waals surface area contributed by atoms with Gasteiger partial charge in [0, 0.05) is 5.02 Å². The van der Waals surface area contributed by atoms with Crippen molar-refractivity contribution < 1.29 is 19.3 Å². The van der Waals surface area contributed by atoms with Crippen molar-refractivity contribution in [3.05, 3.63) is 41.4 Å². The normalized spacial score (nSPS) is 26.6. The summed E-state index contributed by atoms with van der Waals surface area (Å²) in [5.74, 6) is 0.537. The maximum Gasteiger partial charge on any atom is 0.134 e. The highest BCUT2D eigenvalue weighted by Crippen LogP contribution is 2.39.